The standard InChI is InChI=1S/C12H18N4O/c1-16-6-10-9(8-17-11(10)7-16)5-15-12-13-3-2-4-14-12/h2-4,9-11H,5-8H2,1H3,(H,13,14,15)/t9-,10+,11+/m1/s1. The van der Waals surface area contributed by atoms with E-state index >= 15 is 0 Å². The molecule has 1 aromatic rings. The molecule has 5 heteroatoms. The normalized spacial score (nSPS) is 32.6. The van der Waals surface area contributed by atoms with Crippen LogP contribution in [-0.4, -0.2) is 54.3 Å². The Morgan fingerprint density at radius 2 is 2.24 bits per heavy atom. The van der Waals surface area contributed by atoms with Gasteiger partial charge in [0.15, 0.2) is 0 Å². The number of likely N-dealkylation sites (tertiary alicyclic amines) is 1. The molecule has 0 aromatic carbocycles. The van der Waals surface area contributed by atoms with Crippen LogP contribution in [0.1, 0.15) is 0 Å². The molecule has 0 saturated carbocycles. The van der Waals surface area contributed by atoms with Crippen LogP contribution in [0, 0.1) is 11.8 Å². The van der Waals surface area contributed by atoms with Crippen molar-refractivity contribution >= 4 is 5.95 Å². The van der Waals surface area contributed by atoms with Crippen LogP contribution in [0.15, 0.2) is 18.5 Å². The molecule has 0 bridgehead atoms. The third-order valence-corrected chi connectivity index (χ3v) is 3.71. The zero-order valence-electron chi connectivity index (χ0n) is 10.0. The van der Waals surface area contributed by atoms with Crippen LogP contribution >= 0.6 is 0 Å². The molecule has 0 amide bonds. The summed E-state index contributed by atoms with van der Waals surface area (Å²) >= 11 is 0. The van der Waals surface area contributed by atoms with Crippen LogP contribution in [0.4, 0.5) is 5.95 Å². The number of fused-ring (bicyclic) bond motifs is 1. The van der Waals surface area contributed by atoms with E-state index in [0.29, 0.717) is 23.9 Å². The Balaban J connectivity index is 1.56. The van der Waals surface area contributed by atoms with Gasteiger partial charge in [-0.1, -0.05) is 0 Å². The molecule has 3 heterocycles. The molecule has 2 saturated heterocycles. The molecule has 1 N–H and O–H groups in total. The molecule has 0 unspecified atom stereocenters. The monoisotopic (exact) mass is 234 g/mol. The van der Waals surface area contributed by atoms with Gasteiger partial charge in [-0.2, -0.15) is 0 Å². The van der Waals surface area contributed by atoms with Crippen molar-refractivity contribution in [3.05, 3.63) is 18.5 Å². The number of likely N-dealkylation sites (N-methyl/N-ethyl adjacent to an activating group) is 1. The first-order valence-corrected chi connectivity index (χ1v) is 6.14. The van der Waals surface area contributed by atoms with E-state index < -0.39 is 0 Å². The summed E-state index contributed by atoms with van der Waals surface area (Å²) in [5.41, 5.74) is 0. The molecule has 0 aliphatic carbocycles. The summed E-state index contributed by atoms with van der Waals surface area (Å²) in [6.07, 6.45) is 3.95. The number of hydrogen-bond donors (Lipinski definition) is 1. The highest BCUT2D eigenvalue weighted by atomic mass is 16.5. The Kier molecular flexibility index (Phi) is 2.94. The minimum Gasteiger partial charge on any atom is -0.376 e. The first-order chi connectivity index (χ1) is 8.33. The fourth-order valence-corrected chi connectivity index (χ4v) is 2.82. The van der Waals surface area contributed by atoms with Crippen molar-refractivity contribution in [1.29, 1.82) is 0 Å². The molecular formula is C12H18N4O. The fraction of sp³-hybridized carbons (Fsp3) is 0.667. The van der Waals surface area contributed by atoms with Crippen LogP contribution in [0.5, 0.6) is 0 Å². The summed E-state index contributed by atoms with van der Waals surface area (Å²) in [5, 5.41) is 3.29. The lowest BCUT2D eigenvalue weighted by Gasteiger charge is -2.17. The number of aromatic nitrogens is 2. The quantitative estimate of drug-likeness (QED) is 0.823. The van der Waals surface area contributed by atoms with Crippen LogP contribution < -0.4 is 5.32 Å². The number of hydrogen-bond acceptors (Lipinski definition) is 5. The molecule has 2 aliphatic heterocycles. The molecule has 2 aliphatic rings. The largest absolute Gasteiger partial charge is 0.376 e. The summed E-state index contributed by atoms with van der Waals surface area (Å²) in [4.78, 5) is 10.7. The van der Waals surface area contributed by atoms with Crippen LogP contribution in [0.3, 0.4) is 0 Å². The maximum absolute atomic E-state index is 5.83. The third-order valence-electron chi connectivity index (χ3n) is 3.71. The summed E-state index contributed by atoms with van der Waals surface area (Å²) in [6.45, 7) is 3.98. The van der Waals surface area contributed by atoms with Gasteiger partial charge in [0.05, 0.1) is 12.7 Å². The molecule has 3 rings (SSSR count). The highest BCUT2D eigenvalue weighted by Crippen LogP contribution is 2.32. The number of anilines is 1. The van der Waals surface area contributed by atoms with E-state index in [0.717, 1.165) is 26.2 Å². The Morgan fingerprint density at radius 1 is 1.41 bits per heavy atom. The summed E-state index contributed by atoms with van der Waals surface area (Å²) < 4.78 is 5.83. The second-order valence-electron chi connectivity index (χ2n) is 4.97. The lowest BCUT2D eigenvalue weighted by molar-refractivity contribution is 0.0992. The molecule has 5 nitrogen and oxygen atoms in total. The van der Waals surface area contributed by atoms with Gasteiger partial charge in [0.1, 0.15) is 0 Å². The summed E-state index contributed by atoms with van der Waals surface area (Å²) in [7, 11) is 2.16. The van der Waals surface area contributed by atoms with Crippen molar-refractivity contribution < 1.29 is 4.74 Å². The minimum absolute atomic E-state index is 0.434. The number of nitrogens with one attached hydrogen (secondary N) is 1. The van der Waals surface area contributed by atoms with E-state index in [1.54, 1.807) is 12.4 Å². The van der Waals surface area contributed by atoms with Gasteiger partial charge >= 0.3 is 0 Å². The predicted molar refractivity (Wildman–Crippen MR) is 64.7 cm³/mol. The number of rotatable bonds is 3. The maximum Gasteiger partial charge on any atom is 0.222 e. The molecular weight excluding hydrogens is 216 g/mol. The Morgan fingerprint density at radius 3 is 3.06 bits per heavy atom. The Bertz CT molecular complexity index is 372. The Hall–Kier alpha value is -1.20. The molecule has 92 valence electrons. The Labute approximate surface area is 101 Å². The lowest BCUT2D eigenvalue weighted by atomic mass is 9.93. The number of ether oxygens (including phenoxy) is 1. The SMILES string of the molecule is CN1C[C@H]2[C@H](CNc3ncccn3)CO[C@H]2C1. The maximum atomic E-state index is 5.83. The minimum atomic E-state index is 0.434. The van der Waals surface area contributed by atoms with Gasteiger partial charge < -0.3 is 15.0 Å². The van der Waals surface area contributed by atoms with E-state index in [4.69, 9.17) is 4.74 Å². The van der Waals surface area contributed by atoms with Crippen molar-refractivity contribution in [1.82, 2.24) is 14.9 Å². The van der Waals surface area contributed by atoms with E-state index in [9.17, 15) is 0 Å². The van der Waals surface area contributed by atoms with Crippen molar-refractivity contribution in [2.45, 2.75) is 6.10 Å². The van der Waals surface area contributed by atoms with Gasteiger partial charge in [0.2, 0.25) is 5.95 Å². The topological polar surface area (TPSA) is 50.3 Å². The van der Waals surface area contributed by atoms with Gasteiger partial charge in [0, 0.05) is 43.9 Å². The van der Waals surface area contributed by atoms with Gasteiger partial charge in [-0.3, -0.25) is 0 Å². The molecule has 3 atom stereocenters. The van der Waals surface area contributed by atoms with Gasteiger partial charge in [-0.15, -0.1) is 0 Å². The predicted octanol–water partition coefficient (Wildman–Crippen LogP) is 0.465. The van der Waals surface area contributed by atoms with Gasteiger partial charge in [-0.05, 0) is 13.1 Å². The van der Waals surface area contributed by atoms with Crippen molar-refractivity contribution in [2.75, 3.05) is 38.6 Å². The third kappa shape index (κ3) is 2.25. The van der Waals surface area contributed by atoms with E-state index in [1.807, 2.05) is 6.07 Å². The van der Waals surface area contributed by atoms with Crippen molar-refractivity contribution in [3.8, 4) is 0 Å². The lowest BCUT2D eigenvalue weighted by Crippen LogP contribution is -2.26. The molecule has 1 aromatic heterocycles. The zero-order chi connectivity index (χ0) is 11.7. The van der Waals surface area contributed by atoms with E-state index in [1.165, 1.54) is 0 Å². The molecule has 17 heavy (non-hydrogen) atoms. The summed E-state index contributed by atoms with van der Waals surface area (Å²) in [5.74, 6) is 1.95. The number of nitrogens with zero attached hydrogens (tertiary/aromatic N) is 3. The average molecular weight is 234 g/mol. The van der Waals surface area contributed by atoms with Gasteiger partial charge in [0.25, 0.3) is 0 Å². The second kappa shape index (κ2) is 4.58. The van der Waals surface area contributed by atoms with E-state index in [2.05, 4.69) is 27.2 Å². The highest BCUT2D eigenvalue weighted by molar-refractivity contribution is 5.22. The van der Waals surface area contributed by atoms with Gasteiger partial charge in [-0.25, -0.2) is 9.97 Å². The molecule has 0 spiro atoms. The summed E-state index contributed by atoms with van der Waals surface area (Å²) in [6, 6.07) is 1.83. The molecule has 0 radical (unpaired) electrons. The average Bonchev–Trinajstić information content (AvgIpc) is 2.87. The first-order valence-electron chi connectivity index (χ1n) is 6.14. The second-order valence-corrected chi connectivity index (χ2v) is 4.97. The van der Waals surface area contributed by atoms with Crippen LogP contribution in [-0.2, 0) is 4.74 Å². The molecule has 2 fully saturated rings. The van der Waals surface area contributed by atoms with Crippen molar-refractivity contribution in [2.24, 2.45) is 11.8 Å². The highest BCUT2D eigenvalue weighted by Gasteiger charge is 2.42. The van der Waals surface area contributed by atoms with E-state index in [-0.39, 0.29) is 0 Å². The van der Waals surface area contributed by atoms with Crippen molar-refractivity contribution in [3.63, 3.8) is 0 Å². The zero-order valence-corrected chi connectivity index (χ0v) is 10.0. The van der Waals surface area contributed by atoms with Crippen LogP contribution in [0.25, 0.3) is 0 Å². The fourth-order valence-electron chi connectivity index (χ4n) is 2.82. The smallest absolute Gasteiger partial charge is 0.222 e. The first kappa shape index (κ1) is 10.9. The van der Waals surface area contributed by atoms with Crippen LogP contribution in [0.2, 0.25) is 0 Å².